The van der Waals surface area contributed by atoms with Crippen LogP contribution in [0.3, 0.4) is 0 Å². The van der Waals surface area contributed by atoms with Gasteiger partial charge in [0.15, 0.2) is 0 Å². The molecule has 0 aliphatic heterocycles. The minimum absolute atomic E-state index is 0.0921. The molecule has 0 aromatic heterocycles. The lowest BCUT2D eigenvalue weighted by Gasteiger charge is -2.36. The van der Waals surface area contributed by atoms with E-state index in [2.05, 4.69) is 13.8 Å². The molecule has 0 radical (unpaired) electrons. The Hall–Kier alpha value is -0.770. The van der Waals surface area contributed by atoms with Gasteiger partial charge in [-0.1, -0.05) is 25.4 Å². The van der Waals surface area contributed by atoms with E-state index in [0.29, 0.717) is 18.0 Å². The summed E-state index contributed by atoms with van der Waals surface area (Å²) in [6, 6.07) is 5.60. The van der Waals surface area contributed by atoms with Gasteiger partial charge in [0, 0.05) is 17.0 Å². The summed E-state index contributed by atoms with van der Waals surface area (Å²) in [5.41, 5.74) is 6.66. The molecule has 0 bridgehead atoms. The molecule has 0 spiro atoms. The second-order valence-electron chi connectivity index (χ2n) is 6.59. The molecule has 1 saturated carbocycles. The second-order valence-corrected chi connectivity index (χ2v) is 7.03. The molecule has 0 heterocycles. The van der Waals surface area contributed by atoms with Gasteiger partial charge in [-0.05, 0) is 48.4 Å². The van der Waals surface area contributed by atoms with Crippen LogP contribution in [0.2, 0.25) is 5.02 Å². The van der Waals surface area contributed by atoms with Crippen LogP contribution in [0, 0.1) is 10.8 Å². The minimum Gasteiger partial charge on any atom is -0.496 e. The van der Waals surface area contributed by atoms with E-state index in [9.17, 15) is 5.11 Å². The molecule has 3 nitrogen and oxygen atoms in total. The molecule has 1 aromatic carbocycles. The number of halogens is 1. The Morgan fingerprint density at radius 3 is 2.60 bits per heavy atom. The summed E-state index contributed by atoms with van der Waals surface area (Å²) < 4.78 is 5.41. The Bertz CT molecular complexity index is 489. The fourth-order valence-corrected chi connectivity index (χ4v) is 3.60. The highest BCUT2D eigenvalue weighted by Crippen LogP contribution is 2.51. The third-order valence-electron chi connectivity index (χ3n) is 4.78. The van der Waals surface area contributed by atoms with E-state index in [1.54, 1.807) is 7.11 Å². The van der Waals surface area contributed by atoms with Gasteiger partial charge in [-0.3, -0.25) is 0 Å². The number of nitrogens with two attached hydrogens (primary N) is 1. The van der Waals surface area contributed by atoms with Crippen LogP contribution >= 0.6 is 11.6 Å². The van der Waals surface area contributed by atoms with Gasteiger partial charge >= 0.3 is 0 Å². The Labute approximate surface area is 126 Å². The summed E-state index contributed by atoms with van der Waals surface area (Å²) in [4.78, 5) is 0. The molecule has 2 atom stereocenters. The van der Waals surface area contributed by atoms with E-state index in [4.69, 9.17) is 22.1 Å². The van der Waals surface area contributed by atoms with Gasteiger partial charge in [-0.2, -0.15) is 0 Å². The van der Waals surface area contributed by atoms with Crippen LogP contribution in [0.15, 0.2) is 18.2 Å². The summed E-state index contributed by atoms with van der Waals surface area (Å²) in [5.74, 6) is 0.805. The first-order valence-electron chi connectivity index (χ1n) is 7.05. The van der Waals surface area contributed by atoms with Gasteiger partial charge in [0.25, 0.3) is 0 Å². The molecule has 0 saturated heterocycles. The van der Waals surface area contributed by atoms with Gasteiger partial charge in [0.05, 0.1) is 13.2 Å². The zero-order chi connectivity index (χ0) is 15.0. The maximum Gasteiger partial charge on any atom is 0.122 e. The van der Waals surface area contributed by atoms with Crippen LogP contribution in [0.5, 0.6) is 5.75 Å². The second kappa shape index (κ2) is 5.55. The minimum atomic E-state index is -0.413. The molecular weight excluding hydrogens is 274 g/mol. The third kappa shape index (κ3) is 2.67. The zero-order valence-corrected chi connectivity index (χ0v) is 13.2. The normalized spacial score (nSPS) is 28.6. The van der Waals surface area contributed by atoms with E-state index in [1.165, 1.54) is 0 Å². The lowest BCUT2D eigenvalue weighted by atomic mass is 9.74. The average Bonchev–Trinajstić information content (AvgIpc) is 2.64. The van der Waals surface area contributed by atoms with Crippen LogP contribution in [0.1, 0.15) is 32.3 Å². The standard InChI is InChI=1S/C16H24ClNO2/c1-15(2)6-7-16(10-18,14(15)19)9-11-8-12(17)4-5-13(11)20-3/h4-5,8,14,19H,6-7,9-10,18H2,1-3H3. The number of hydrogen-bond acceptors (Lipinski definition) is 3. The summed E-state index contributed by atoms with van der Waals surface area (Å²) >= 11 is 6.09. The topological polar surface area (TPSA) is 55.5 Å². The molecule has 2 rings (SSSR count). The van der Waals surface area contributed by atoms with Crippen LogP contribution in [-0.2, 0) is 6.42 Å². The van der Waals surface area contributed by atoms with Crippen LogP contribution in [0.25, 0.3) is 0 Å². The summed E-state index contributed by atoms with van der Waals surface area (Å²) in [5, 5.41) is 11.4. The predicted octanol–water partition coefficient (Wildman–Crippen LogP) is 3.02. The van der Waals surface area contributed by atoms with Crippen molar-refractivity contribution in [3.63, 3.8) is 0 Å². The van der Waals surface area contributed by atoms with Gasteiger partial charge < -0.3 is 15.6 Å². The smallest absolute Gasteiger partial charge is 0.122 e. The van der Waals surface area contributed by atoms with E-state index < -0.39 is 6.10 Å². The highest BCUT2D eigenvalue weighted by atomic mass is 35.5. The number of hydrogen-bond donors (Lipinski definition) is 2. The Morgan fingerprint density at radius 1 is 1.40 bits per heavy atom. The van der Waals surface area contributed by atoms with E-state index in [1.807, 2.05) is 18.2 Å². The van der Waals surface area contributed by atoms with Crippen molar-refractivity contribution in [3.05, 3.63) is 28.8 Å². The van der Waals surface area contributed by atoms with Crippen molar-refractivity contribution < 1.29 is 9.84 Å². The quantitative estimate of drug-likeness (QED) is 0.898. The molecule has 1 aromatic rings. The molecule has 2 unspecified atom stereocenters. The summed E-state index contributed by atoms with van der Waals surface area (Å²) in [6.07, 6.45) is 2.18. The molecule has 20 heavy (non-hydrogen) atoms. The van der Waals surface area contributed by atoms with E-state index in [0.717, 1.165) is 24.2 Å². The summed E-state index contributed by atoms with van der Waals surface area (Å²) in [6.45, 7) is 4.67. The lowest BCUT2D eigenvalue weighted by Crippen LogP contribution is -2.44. The largest absolute Gasteiger partial charge is 0.496 e. The van der Waals surface area contributed by atoms with E-state index >= 15 is 0 Å². The van der Waals surface area contributed by atoms with Crippen molar-refractivity contribution >= 4 is 11.6 Å². The van der Waals surface area contributed by atoms with Crippen molar-refractivity contribution in [3.8, 4) is 5.75 Å². The molecule has 112 valence electrons. The van der Waals surface area contributed by atoms with Crippen molar-refractivity contribution in [1.29, 1.82) is 0 Å². The number of ether oxygens (including phenoxy) is 1. The number of aliphatic hydroxyl groups is 1. The van der Waals surface area contributed by atoms with Crippen molar-refractivity contribution in [2.45, 2.75) is 39.2 Å². The number of methoxy groups -OCH3 is 1. The first-order chi connectivity index (χ1) is 9.34. The van der Waals surface area contributed by atoms with Gasteiger partial charge in [0.2, 0.25) is 0 Å². The highest BCUT2D eigenvalue weighted by Gasteiger charge is 2.51. The van der Waals surface area contributed by atoms with E-state index in [-0.39, 0.29) is 10.8 Å². The fraction of sp³-hybridized carbons (Fsp3) is 0.625. The van der Waals surface area contributed by atoms with Gasteiger partial charge in [-0.15, -0.1) is 0 Å². The predicted molar refractivity (Wildman–Crippen MR) is 82.2 cm³/mol. The maximum absolute atomic E-state index is 10.7. The van der Waals surface area contributed by atoms with Crippen LogP contribution in [-0.4, -0.2) is 24.9 Å². The molecule has 1 aliphatic carbocycles. The Balaban J connectivity index is 2.34. The zero-order valence-electron chi connectivity index (χ0n) is 12.4. The number of benzene rings is 1. The first kappa shape index (κ1) is 15.6. The molecule has 1 fully saturated rings. The van der Waals surface area contributed by atoms with Crippen molar-refractivity contribution in [2.75, 3.05) is 13.7 Å². The Morgan fingerprint density at radius 2 is 2.10 bits per heavy atom. The monoisotopic (exact) mass is 297 g/mol. The maximum atomic E-state index is 10.7. The third-order valence-corrected chi connectivity index (χ3v) is 5.01. The summed E-state index contributed by atoms with van der Waals surface area (Å²) in [7, 11) is 1.65. The Kier molecular flexibility index (Phi) is 4.33. The highest BCUT2D eigenvalue weighted by molar-refractivity contribution is 6.30. The average molecular weight is 298 g/mol. The molecule has 4 heteroatoms. The number of rotatable bonds is 4. The van der Waals surface area contributed by atoms with Crippen molar-refractivity contribution in [1.82, 2.24) is 0 Å². The van der Waals surface area contributed by atoms with Gasteiger partial charge in [0.1, 0.15) is 5.75 Å². The molecule has 0 amide bonds. The lowest BCUT2D eigenvalue weighted by molar-refractivity contribution is -0.00485. The first-order valence-corrected chi connectivity index (χ1v) is 7.43. The van der Waals surface area contributed by atoms with Gasteiger partial charge in [-0.25, -0.2) is 0 Å². The number of aliphatic hydroxyl groups excluding tert-OH is 1. The molecule has 3 N–H and O–H groups in total. The molecule has 1 aliphatic rings. The fourth-order valence-electron chi connectivity index (χ4n) is 3.41. The van der Waals surface area contributed by atoms with Crippen LogP contribution < -0.4 is 10.5 Å². The van der Waals surface area contributed by atoms with Crippen molar-refractivity contribution in [2.24, 2.45) is 16.6 Å². The SMILES string of the molecule is COc1ccc(Cl)cc1CC1(CN)CCC(C)(C)C1O. The molecular formula is C16H24ClNO2. The van der Waals surface area contributed by atoms with Crippen LogP contribution in [0.4, 0.5) is 0 Å².